The summed E-state index contributed by atoms with van der Waals surface area (Å²) in [5.41, 5.74) is -0.817. The predicted molar refractivity (Wildman–Crippen MR) is 163 cm³/mol. The standard InChI is InChI=1S/C34H49N3O5/c1-9-18-35(8)29(39)26-25-16-17-34(42-25)27(26)30(40)37(24(21-38)20-23-14-12-11-13-15-23)28(34)31(41)36(19-10-2)33(6,7)22-32(3,4)5/h9-15,24-28,38H,1-2,16-22H2,3-8H3/t24-,25-,26+,27+,28?,34?/m1/s1. The molecule has 3 heterocycles. The maximum Gasteiger partial charge on any atom is 0.249 e. The molecule has 4 rings (SSSR count). The number of amides is 3. The second-order valence-corrected chi connectivity index (χ2v) is 14.1. The van der Waals surface area contributed by atoms with Crippen LogP contribution in [0.15, 0.2) is 55.6 Å². The number of carbonyl (C=O) groups excluding carboxylic acids is 3. The van der Waals surface area contributed by atoms with Crippen molar-refractivity contribution in [2.75, 3.05) is 26.7 Å². The van der Waals surface area contributed by atoms with Crippen molar-refractivity contribution >= 4 is 17.7 Å². The fourth-order valence-electron chi connectivity index (χ4n) is 8.03. The zero-order valence-corrected chi connectivity index (χ0v) is 26.2. The highest BCUT2D eigenvalue weighted by Crippen LogP contribution is 2.59. The van der Waals surface area contributed by atoms with Gasteiger partial charge in [-0.3, -0.25) is 14.4 Å². The number of likely N-dealkylation sites (N-methyl/N-ethyl adjacent to an activating group) is 1. The highest BCUT2D eigenvalue weighted by Gasteiger charge is 2.75. The minimum Gasteiger partial charge on any atom is -0.394 e. The Labute approximate surface area is 251 Å². The number of hydrogen-bond donors (Lipinski definition) is 1. The minimum absolute atomic E-state index is 0.0638. The number of aliphatic hydroxyl groups is 1. The molecule has 3 saturated heterocycles. The molecule has 3 amide bonds. The Morgan fingerprint density at radius 3 is 2.33 bits per heavy atom. The van der Waals surface area contributed by atoms with Crippen molar-refractivity contribution in [2.24, 2.45) is 17.3 Å². The van der Waals surface area contributed by atoms with Crippen molar-refractivity contribution in [2.45, 2.75) is 89.6 Å². The van der Waals surface area contributed by atoms with Gasteiger partial charge in [-0.1, -0.05) is 63.3 Å². The Kier molecular flexibility index (Phi) is 9.10. The van der Waals surface area contributed by atoms with Crippen molar-refractivity contribution in [3.05, 3.63) is 61.2 Å². The Morgan fingerprint density at radius 2 is 1.76 bits per heavy atom. The Hall–Kier alpha value is -2.97. The number of carbonyl (C=O) groups is 3. The van der Waals surface area contributed by atoms with Crippen molar-refractivity contribution < 1.29 is 24.2 Å². The van der Waals surface area contributed by atoms with Crippen LogP contribution in [-0.2, 0) is 25.5 Å². The molecule has 3 fully saturated rings. The van der Waals surface area contributed by atoms with Crippen LogP contribution in [0.5, 0.6) is 0 Å². The van der Waals surface area contributed by atoms with Gasteiger partial charge in [0.05, 0.1) is 30.6 Å². The molecule has 42 heavy (non-hydrogen) atoms. The van der Waals surface area contributed by atoms with E-state index in [2.05, 4.69) is 33.9 Å². The van der Waals surface area contributed by atoms with E-state index in [0.29, 0.717) is 32.4 Å². The SMILES string of the molecule is C=CCN(C)C(=O)[C@@H]1[C@H]2C(=O)N([C@@H](CO)Cc3ccccc3)C(C(=O)N(CC=C)C(C)(C)CC(C)(C)C)C23CC[C@H]1O3. The average Bonchev–Trinajstić information content (AvgIpc) is 3.56. The molecule has 6 atom stereocenters. The van der Waals surface area contributed by atoms with Gasteiger partial charge in [-0.25, -0.2) is 0 Å². The first-order chi connectivity index (χ1) is 19.7. The van der Waals surface area contributed by atoms with E-state index < -0.39 is 41.2 Å². The summed E-state index contributed by atoms with van der Waals surface area (Å²) in [6.07, 6.45) is 5.13. The molecule has 0 saturated carbocycles. The maximum atomic E-state index is 14.9. The van der Waals surface area contributed by atoms with Crippen LogP contribution in [0.4, 0.5) is 0 Å². The smallest absolute Gasteiger partial charge is 0.249 e. The van der Waals surface area contributed by atoms with E-state index in [-0.39, 0.29) is 29.7 Å². The first-order valence-electron chi connectivity index (χ1n) is 15.2. The quantitative estimate of drug-likeness (QED) is 0.380. The van der Waals surface area contributed by atoms with Crippen LogP contribution in [0.2, 0.25) is 0 Å². The number of nitrogens with zero attached hydrogens (tertiary/aromatic N) is 3. The summed E-state index contributed by atoms with van der Waals surface area (Å²) in [6.45, 7) is 18.6. The van der Waals surface area contributed by atoms with Crippen LogP contribution in [0.3, 0.4) is 0 Å². The topological polar surface area (TPSA) is 90.4 Å². The van der Waals surface area contributed by atoms with E-state index in [9.17, 15) is 19.5 Å². The highest BCUT2D eigenvalue weighted by molar-refractivity contribution is 5.99. The second-order valence-electron chi connectivity index (χ2n) is 14.1. The number of benzene rings is 1. The lowest BCUT2D eigenvalue weighted by atomic mass is 9.70. The van der Waals surface area contributed by atoms with Crippen LogP contribution in [0, 0.1) is 17.3 Å². The molecular formula is C34H49N3O5. The van der Waals surface area contributed by atoms with Crippen LogP contribution >= 0.6 is 0 Å². The minimum atomic E-state index is -1.14. The van der Waals surface area contributed by atoms with Gasteiger partial charge in [0.25, 0.3) is 0 Å². The van der Waals surface area contributed by atoms with E-state index in [0.717, 1.165) is 12.0 Å². The molecule has 2 unspecified atom stereocenters. The second kappa shape index (κ2) is 12.0. The third kappa shape index (κ3) is 5.68. The average molecular weight is 580 g/mol. The number of likely N-dealkylation sites (tertiary alicyclic amines) is 1. The van der Waals surface area contributed by atoms with Crippen LogP contribution in [-0.4, -0.2) is 93.6 Å². The summed E-state index contributed by atoms with van der Waals surface area (Å²) in [5, 5.41) is 10.7. The van der Waals surface area contributed by atoms with Crippen molar-refractivity contribution in [1.82, 2.24) is 14.7 Å². The van der Waals surface area contributed by atoms with Gasteiger partial charge in [-0.2, -0.15) is 0 Å². The van der Waals surface area contributed by atoms with Crippen LogP contribution < -0.4 is 0 Å². The van der Waals surface area contributed by atoms with Crippen molar-refractivity contribution in [3.8, 4) is 0 Å². The fraction of sp³-hybridized carbons (Fsp3) is 0.618. The Balaban J connectivity index is 1.83. The highest BCUT2D eigenvalue weighted by atomic mass is 16.5. The van der Waals surface area contributed by atoms with Gasteiger partial charge in [0.1, 0.15) is 11.6 Å². The van der Waals surface area contributed by atoms with Gasteiger partial charge in [0, 0.05) is 25.7 Å². The zero-order valence-electron chi connectivity index (χ0n) is 26.2. The number of hydrogen-bond acceptors (Lipinski definition) is 5. The molecule has 2 bridgehead atoms. The largest absolute Gasteiger partial charge is 0.394 e. The maximum absolute atomic E-state index is 14.9. The van der Waals surface area contributed by atoms with E-state index >= 15 is 0 Å². The Morgan fingerprint density at radius 1 is 1.12 bits per heavy atom. The van der Waals surface area contributed by atoms with Crippen molar-refractivity contribution in [1.29, 1.82) is 0 Å². The van der Waals surface area contributed by atoms with E-state index in [1.165, 1.54) is 0 Å². The number of rotatable bonds is 12. The van der Waals surface area contributed by atoms with Crippen LogP contribution in [0.1, 0.15) is 59.4 Å². The molecule has 0 aromatic heterocycles. The van der Waals surface area contributed by atoms with E-state index in [1.54, 1.807) is 29.0 Å². The van der Waals surface area contributed by atoms with Gasteiger partial charge < -0.3 is 24.5 Å². The zero-order chi connectivity index (χ0) is 31.0. The summed E-state index contributed by atoms with van der Waals surface area (Å²) in [4.78, 5) is 48.3. The molecule has 1 spiro atoms. The molecule has 3 aliphatic heterocycles. The van der Waals surface area contributed by atoms with Gasteiger partial charge in [-0.05, 0) is 50.5 Å². The number of ether oxygens (including phenoxy) is 1. The van der Waals surface area contributed by atoms with E-state index in [1.807, 2.05) is 49.1 Å². The third-order valence-electron chi connectivity index (χ3n) is 9.23. The third-order valence-corrected chi connectivity index (χ3v) is 9.23. The molecule has 0 radical (unpaired) electrons. The summed E-state index contributed by atoms with van der Waals surface area (Å²) in [6, 6.07) is 8.03. The lowest BCUT2D eigenvalue weighted by molar-refractivity contribution is -0.155. The first kappa shape index (κ1) is 32.0. The summed E-state index contributed by atoms with van der Waals surface area (Å²) >= 11 is 0. The van der Waals surface area contributed by atoms with Gasteiger partial charge in [0.2, 0.25) is 17.7 Å². The van der Waals surface area contributed by atoms with Crippen LogP contribution in [0.25, 0.3) is 0 Å². The lowest BCUT2D eigenvalue weighted by Crippen LogP contribution is -2.62. The summed E-state index contributed by atoms with van der Waals surface area (Å²) < 4.78 is 6.68. The van der Waals surface area contributed by atoms with Crippen molar-refractivity contribution in [3.63, 3.8) is 0 Å². The molecule has 1 aromatic carbocycles. The van der Waals surface area contributed by atoms with Gasteiger partial charge >= 0.3 is 0 Å². The summed E-state index contributed by atoms with van der Waals surface area (Å²) in [5.74, 6) is -2.18. The molecule has 1 aromatic rings. The fourth-order valence-corrected chi connectivity index (χ4v) is 8.03. The molecule has 0 aliphatic carbocycles. The number of aliphatic hydroxyl groups excluding tert-OH is 1. The molecule has 8 nitrogen and oxygen atoms in total. The van der Waals surface area contributed by atoms with E-state index in [4.69, 9.17) is 4.74 Å². The molecule has 230 valence electrons. The monoisotopic (exact) mass is 579 g/mol. The molecular weight excluding hydrogens is 530 g/mol. The lowest BCUT2D eigenvalue weighted by Gasteiger charge is -2.46. The summed E-state index contributed by atoms with van der Waals surface area (Å²) in [7, 11) is 1.70. The first-order valence-corrected chi connectivity index (χ1v) is 15.2. The normalized spacial score (nSPS) is 27.5. The predicted octanol–water partition coefficient (Wildman–Crippen LogP) is 3.84. The Bertz CT molecular complexity index is 1190. The molecule has 1 N–H and O–H groups in total. The molecule has 3 aliphatic rings. The molecule has 8 heteroatoms. The van der Waals surface area contributed by atoms with Gasteiger partial charge in [0.15, 0.2) is 0 Å². The number of fused-ring (bicyclic) bond motifs is 1. The van der Waals surface area contributed by atoms with Gasteiger partial charge in [-0.15, -0.1) is 13.2 Å².